The molecule has 1 heterocycles. The molecule has 0 saturated carbocycles. The van der Waals surface area contributed by atoms with E-state index in [-0.39, 0.29) is 0 Å². The van der Waals surface area contributed by atoms with Gasteiger partial charge in [-0.25, -0.2) is 0 Å². The van der Waals surface area contributed by atoms with Gasteiger partial charge in [0, 0.05) is 0 Å². The van der Waals surface area contributed by atoms with E-state index in [0.29, 0.717) is 13.0 Å². The fraction of sp³-hybridized carbons (Fsp3) is 0.500. The summed E-state index contributed by atoms with van der Waals surface area (Å²) in [6, 6.07) is -0.633. The Kier molecular flexibility index (Phi) is 1.26. The van der Waals surface area contributed by atoms with Crippen molar-refractivity contribution in [1.29, 1.82) is 0 Å². The fourth-order valence-corrected chi connectivity index (χ4v) is 0.352. The molecule has 0 aromatic carbocycles. The Morgan fingerprint density at radius 1 is 1.71 bits per heavy atom. The maximum Gasteiger partial charge on any atom is 0.307 e. The molecule has 0 bridgehead atoms. The summed E-state index contributed by atoms with van der Waals surface area (Å²) in [5.74, 6) is 0. The minimum atomic E-state index is -0.633. The van der Waals surface area contributed by atoms with Crippen LogP contribution in [-0.2, 0) is 9.78 Å². The first-order chi connectivity index (χ1) is 3.39. The van der Waals surface area contributed by atoms with Gasteiger partial charge < -0.3 is 4.89 Å². The molecule has 0 N–H and O–H groups in total. The molecule has 1 aliphatic heterocycles. The van der Waals surface area contributed by atoms with Crippen molar-refractivity contribution in [1.82, 2.24) is 0 Å². The molecule has 2 nitrogen and oxygen atoms in total. The van der Waals surface area contributed by atoms with E-state index in [2.05, 4.69) is 9.78 Å². The smallest absolute Gasteiger partial charge is 0.307 e. The van der Waals surface area contributed by atoms with Crippen LogP contribution in [0.3, 0.4) is 0 Å². The van der Waals surface area contributed by atoms with Crippen LogP contribution in [0.4, 0.5) is 4.39 Å². The summed E-state index contributed by atoms with van der Waals surface area (Å²) in [7, 11) is 0. The van der Waals surface area contributed by atoms with Crippen molar-refractivity contribution in [3.8, 4) is 0 Å². The van der Waals surface area contributed by atoms with Gasteiger partial charge in [0.05, 0.1) is 6.61 Å². The van der Waals surface area contributed by atoms with Crippen LogP contribution in [0.1, 0.15) is 6.42 Å². The molecule has 0 amide bonds. The Balaban J connectivity index is 2.40. The van der Waals surface area contributed by atoms with Crippen LogP contribution in [-0.4, -0.2) is 6.61 Å². The molecule has 0 aromatic heterocycles. The lowest BCUT2D eigenvalue weighted by molar-refractivity contribution is -0.284. The van der Waals surface area contributed by atoms with Gasteiger partial charge in [0.25, 0.3) is 0 Å². The van der Waals surface area contributed by atoms with Crippen LogP contribution < -0.4 is 0 Å². The Morgan fingerprint density at radius 3 is 2.86 bits per heavy atom. The van der Waals surface area contributed by atoms with Crippen LogP contribution in [0.25, 0.3) is 0 Å². The van der Waals surface area contributed by atoms with Crippen molar-refractivity contribution in [3.63, 3.8) is 0 Å². The van der Waals surface area contributed by atoms with Gasteiger partial charge in [-0.15, -0.1) is 0 Å². The van der Waals surface area contributed by atoms with Crippen LogP contribution in [0, 0.1) is 0 Å². The van der Waals surface area contributed by atoms with Crippen molar-refractivity contribution in [3.05, 3.63) is 12.1 Å². The molecular formula is C4H5FO2. The van der Waals surface area contributed by atoms with Gasteiger partial charge in [0.15, 0.2) is 0 Å². The van der Waals surface area contributed by atoms with Gasteiger partial charge in [-0.2, -0.15) is 9.28 Å². The second-order valence-electron chi connectivity index (χ2n) is 1.20. The standard InChI is InChI=1S/C4H5FO2/c5-4-2-1-3-6-7-4/h2H,1,3H2. The van der Waals surface area contributed by atoms with Crippen molar-refractivity contribution in [2.45, 2.75) is 6.42 Å². The maximum absolute atomic E-state index is 11.7. The zero-order valence-corrected chi connectivity index (χ0v) is 3.69. The minimum absolute atomic E-state index is 0.452. The zero-order chi connectivity index (χ0) is 5.11. The van der Waals surface area contributed by atoms with Gasteiger partial charge in [-0.1, -0.05) is 0 Å². The lowest BCUT2D eigenvalue weighted by Crippen LogP contribution is -1.98. The Morgan fingerprint density at radius 2 is 2.57 bits per heavy atom. The summed E-state index contributed by atoms with van der Waals surface area (Å²) in [4.78, 5) is 8.21. The average molecular weight is 104 g/mol. The number of hydrogen-bond donors (Lipinski definition) is 0. The van der Waals surface area contributed by atoms with E-state index in [4.69, 9.17) is 0 Å². The van der Waals surface area contributed by atoms with Gasteiger partial charge in [-0.3, -0.25) is 0 Å². The monoisotopic (exact) mass is 104 g/mol. The fourth-order valence-electron chi connectivity index (χ4n) is 0.352. The first kappa shape index (κ1) is 4.59. The second kappa shape index (κ2) is 1.93. The summed E-state index contributed by atoms with van der Waals surface area (Å²) in [6.45, 7) is 0.452. The predicted octanol–water partition coefficient (Wildman–Crippen LogP) is 1.15. The lowest BCUT2D eigenvalue weighted by atomic mass is 10.4. The van der Waals surface area contributed by atoms with E-state index in [1.54, 1.807) is 0 Å². The normalized spacial score (nSPS) is 20.4. The minimum Gasteiger partial charge on any atom is -0.307 e. The molecule has 0 aliphatic carbocycles. The molecule has 0 unspecified atom stereocenters. The predicted molar refractivity (Wildman–Crippen MR) is 20.8 cm³/mol. The van der Waals surface area contributed by atoms with Crippen molar-refractivity contribution in [2.75, 3.05) is 6.61 Å². The van der Waals surface area contributed by atoms with Gasteiger partial charge in [0.2, 0.25) is 0 Å². The van der Waals surface area contributed by atoms with E-state index in [9.17, 15) is 4.39 Å². The largest absolute Gasteiger partial charge is 0.307 e. The summed E-state index contributed by atoms with van der Waals surface area (Å²) in [5, 5.41) is 0. The third-order valence-electron chi connectivity index (χ3n) is 0.645. The summed E-state index contributed by atoms with van der Waals surface area (Å²) in [5.41, 5.74) is 0. The molecule has 0 radical (unpaired) electrons. The van der Waals surface area contributed by atoms with Crippen molar-refractivity contribution < 1.29 is 14.2 Å². The van der Waals surface area contributed by atoms with Crippen LogP contribution in [0.2, 0.25) is 0 Å². The molecule has 7 heavy (non-hydrogen) atoms. The summed E-state index contributed by atoms with van der Waals surface area (Å²) >= 11 is 0. The highest BCUT2D eigenvalue weighted by Gasteiger charge is 2.00. The highest BCUT2D eigenvalue weighted by Crippen LogP contribution is 2.06. The molecule has 0 aromatic rings. The molecule has 0 fully saturated rings. The summed E-state index contributed by atoms with van der Waals surface area (Å²) < 4.78 is 11.7. The van der Waals surface area contributed by atoms with Gasteiger partial charge >= 0.3 is 6.01 Å². The average Bonchev–Trinajstić information content (AvgIpc) is 1.69. The number of halogens is 1. The first-order valence-corrected chi connectivity index (χ1v) is 2.05. The van der Waals surface area contributed by atoms with Crippen molar-refractivity contribution in [2.24, 2.45) is 0 Å². The third kappa shape index (κ3) is 1.16. The second-order valence-corrected chi connectivity index (χ2v) is 1.20. The van der Waals surface area contributed by atoms with Gasteiger partial charge in [-0.05, 0) is 12.5 Å². The zero-order valence-electron chi connectivity index (χ0n) is 3.69. The van der Waals surface area contributed by atoms with Crippen LogP contribution >= 0.6 is 0 Å². The molecule has 1 aliphatic rings. The number of rotatable bonds is 0. The molecule has 0 saturated heterocycles. The molecule has 0 spiro atoms. The molecule has 40 valence electrons. The molecule has 1 rings (SSSR count). The molecule has 3 heteroatoms. The quantitative estimate of drug-likeness (QED) is 0.429. The summed E-state index contributed by atoms with van der Waals surface area (Å²) in [6.07, 6.45) is 1.94. The first-order valence-electron chi connectivity index (χ1n) is 2.05. The Bertz CT molecular complexity index is 89.7. The van der Waals surface area contributed by atoms with Crippen LogP contribution in [0.5, 0.6) is 0 Å². The lowest BCUT2D eigenvalue weighted by Gasteiger charge is -2.04. The van der Waals surface area contributed by atoms with E-state index in [1.807, 2.05) is 0 Å². The number of hydrogen-bond acceptors (Lipinski definition) is 2. The van der Waals surface area contributed by atoms with E-state index in [0.717, 1.165) is 0 Å². The van der Waals surface area contributed by atoms with E-state index < -0.39 is 6.01 Å². The molecule has 0 atom stereocenters. The third-order valence-corrected chi connectivity index (χ3v) is 0.645. The molecular weight excluding hydrogens is 99.0 g/mol. The Labute approximate surface area is 40.5 Å². The highest BCUT2D eigenvalue weighted by atomic mass is 19.1. The highest BCUT2D eigenvalue weighted by molar-refractivity contribution is 4.82. The van der Waals surface area contributed by atoms with Gasteiger partial charge in [0.1, 0.15) is 0 Å². The Hall–Kier alpha value is -0.570. The maximum atomic E-state index is 11.7. The van der Waals surface area contributed by atoms with E-state index >= 15 is 0 Å². The van der Waals surface area contributed by atoms with Crippen LogP contribution in [0.15, 0.2) is 12.1 Å². The topological polar surface area (TPSA) is 18.5 Å². The van der Waals surface area contributed by atoms with E-state index in [1.165, 1.54) is 6.08 Å². The van der Waals surface area contributed by atoms with Crippen molar-refractivity contribution >= 4 is 0 Å². The SMILES string of the molecule is FC1=CCCOO1.